The van der Waals surface area contributed by atoms with Gasteiger partial charge >= 0.3 is 6.48 Å². The lowest BCUT2D eigenvalue weighted by Crippen LogP contribution is -2.29. The van der Waals surface area contributed by atoms with Gasteiger partial charge in [-0.3, -0.25) is 0 Å². The second kappa shape index (κ2) is 8.63. The maximum Gasteiger partial charge on any atom is 0.360 e. The van der Waals surface area contributed by atoms with E-state index in [0.29, 0.717) is 0 Å². The second-order valence-electron chi connectivity index (χ2n) is 11.2. The summed E-state index contributed by atoms with van der Waals surface area (Å²) in [4.78, 5) is 0. The van der Waals surface area contributed by atoms with Crippen LogP contribution in [0.4, 0.5) is 0 Å². The average molecular weight is 413 g/mol. The molecule has 30 heavy (non-hydrogen) atoms. The molecule has 1 unspecified atom stereocenters. The Balaban J connectivity index is 2.40. The van der Waals surface area contributed by atoms with E-state index in [1.807, 2.05) is 12.1 Å². The molecule has 0 aromatic heterocycles. The topological polar surface area (TPSA) is 27.7 Å². The number of methoxy groups -OCH3 is 1. The predicted molar refractivity (Wildman–Crippen MR) is 126 cm³/mol. The molecule has 0 spiro atoms. The number of hydrogen-bond donors (Lipinski definition) is 0. The highest BCUT2D eigenvalue weighted by Gasteiger charge is 2.26. The molecule has 2 rings (SSSR count). The van der Waals surface area contributed by atoms with Gasteiger partial charge in [0.25, 0.3) is 0 Å². The fourth-order valence-corrected chi connectivity index (χ4v) is 3.35. The van der Waals surface area contributed by atoms with Crippen molar-refractivity contribution in [1.29, 1.82) is 0 Å². The molecule has 0 aliphatic carbocycles. The lowest BCUT2D eigenvalue weighted by molar-refractivity contribution is -0.183. The number of benzene rings is 2. The van der Waals surface area contributed by atoms with Crippen LogP contribution in [0.5, 0.6) is 11.5 Å². The number of aryl methyl sites for hydroxylation is 1. The van der Waals surface area contributed by atoms with Crippen molar-refractivity contribution >= 4 is 0 Å². The van der Waals surface area contributed by atoms with E-state index in [0.717, 1.165) is 22.6 Å². The number of hydrogen-bond acceptors (Lipinski definition) is 3. The Morgan fingerprint density at radius 2 is 1.10 bits per heavy atom. The van der Waals surface area contributed by atoms with Crippen molar-refractivity contribution < 1.29 is 14.2 Å². The van der Waals surface area contributed by atoms with Crippen molar-refractivity contribution in [2.45, 2.75) is 92.0 Å². The molecule has 0 radical (unpaired) electrons. The summed E-state index contributed by atoms with van der Waals surface area (Å²) in [6, 6.07) is 12.6. The fraction of sp³-hybridized carbons (Fsp3) is 0.556. The predicted octanol–water partition coefficient (Wildman–Crippen LogP) is 7.28. The van der Waals surface area contributed by atoms with Gasteiger partial charge in [-0.05, 0) is 40.9 Å². The maximum absolute atomic E-state index is 6.25. The zero-order valence-electron chi connectivity index (χ0n) is 20.8. The van der Waals surface area contributed by atoms with Crippen LogP contribution in [0.3, 0.4) is 0 Å². The van der Waals surface area contributed by atoms with Crippen LogP contribution in [0.15, 0.2) is 36.4 Å². The largest absolute Gasteiger partial charge is 0.432 e. The minimum Gasteiger partial charge on any atom is -0.432 e. The van der Waals surface area contributed by atoms with E-state index >= 15 is 0 Å². The first-order valence-corrected chi connectivity index (χ1v) is 10.7. The average Bonchev–Trinajstić information content (AvgIpc) is 2.60. The molecule has 0 bridgehead atoms. The highest BCUT2D eigenvalue weighted by atomic mass is 16.8. The number of ether oxygens (including phenoxy) is 3. The lowest BCUT2D eigenvalue weighted by Gasteiger charge is -2.29. The van der Waals surface area contributed by atoms with E-state index in [4.69, 9.17) is 14.2 Å². The van der Waals surface area contributed by atoms with Crippen LogP contribution in [-0.4, -0.2) is 13.6 Å². The van der Waals surface area contributed by atoms with Crippen LogP contribution in [0.2, 0.25) is 0 Å². The molecule has 0 saturated heterocycles. The fourth-order valence-electron chi connectivity index (χ4n) is 3.35. The third kappa shape index (κ3) is 6.01. The molecule has 0 N–H and O–H groups in total. The summed E-state index contributed by atoms with van der Waals surface area (Å²) in [6.07, 6.45) is 0. The Morgan fingerprint density at radius 3 is 1.53 bits per heavy atom. The molecule has 0 saturated carbocycles. The minimum atomic E-state index is -0.838. The quantitative estimate of drug-likeness (QED) is 0.483. The molecule has 2 aromatic carbocycles. The molecule has 0 amide bonds. The van der Waals surface area contributed by atoms with E-state index < -0.39 is 6.48 Å². The van der Waals surface area contributed by atoms with Crippen molar-refractivity contribution in [3.8, 4) is 11.5 Å². The van der Waals surface area contributed by atoms with Crippen molar-refractivity contribution in [1.82, 2.24) is 0 Å². The van der Waals surface area contributed by atoms with Crippen LogP contribution >= 0.6 is 0 Å². The summed E-state index contributed by atoms with van der Waals surface area (Å²) < 4.78 is 18.0. The molecular weight excluding hydrogens is 372 g/mol. The van der Waals surface area contributed by atoms with Gasteiger partial charge in [-0.25, -0.2) is 0 Å². The van der Waals surface area contributed by atoms with Crippen LogP contribution in [-0.2, 0) is 21.0 Å². The third-order valence-electron chi connectivity index (χ3n) is 5.24. The Labute approximate surface area is 183 Å². The molecule has 166 valence electrons. The first kappa shape index (κ1) is 24.3. The Bertz CT molecular complexity index is 861. The van der Waals surface area contributed by atoms with E-state index in [-0.39, 0.29) is 16.2 Å². The van der Waals surface area contributed by atoms with Crippen LogP contribution < -0.4 is 9.47 Å². The zero-order valence-corrected chi connectivity index (χ0v) is 20.8. The molecule has 0 aliphatic heterocycles. The summed E-state index contributed by atoms with van der Waals surface area (Å²) in [5.74, 6) is 1.57. The van der Waals surface area contributed by atoms with Gasteiger partial charge in [0.1, 0.15) is 11.5 Å². The third-order valence-corrected chi connectivity index (χ3v) is 5.24. The summed E-state index contributed by atoms with van der Waals surface area (Å²) in [5.41, 5.74) is 4.70. The zero-order chi connectivity index (χ0) is 22.9. The van der Waals surface area contributed by atoms with Crippen molar-refractivity contribution in [2.24, 2.45) is 0 Å². The van der Waals surface area contributed by atoms with Crippen molar-refractivity contribution in [3.05, 3.63) is 58.7 Å². The number of rotatable bonds is 5. The van der Waals surface area contributed by atoms with Gasteiger partial charge in [-0.15, -0.1) is 0 Å². The standard InChI is InChI=1S/C27H40O3/c1-18-12-14-22(20(16-18)26(5,6)7)29-24(28-11)30-23-15-13-19(25(2,3)4)17-21(23)27(8,9)10/h12-17,24H,1-11H3. The molecule has 0 aliphatic rings. The van der Waals surface area contributed by atoms with Crippen molar-refractivity contribution in [3.63, 3.8) is 0 Å². The highest BCUT2D eigenvalue weighted by molar-refractivity contribution is 5.44. The minimum absolute atomic E-state index is 0.0510. The van der Waals surface area contributed by atoms with Crippen LogP contribution in [0.25, 0.3) is 0 Å². The smallest absolute Gasteiger partial charge is 0.360 e. The van der Waals surface area contributed by atoms with E-state index in [9.17, 15) is 0 Å². The van der Waals surface area contributed by atoms with Gasteiger partial charge < -0.3 is 14.2 Å². The summed E-state index contributed by atoms with van der Waals surface area (Å²) in [5, 5.41) is 0. The molecule has 1 atom stereocenters. The summed E-state index contributed by atoms with van der Waals surface area (Å²) in [7, 11) is 1.61. The molecule has 2 aromatic rings. The van der Waals surface area contributed by atoms with E-state index in [1.165, 1.54) is 11.1 Å². The maximum atomic E-state index is 6.25. The van der Waals surface area contributed by atoms with Gasteiger partial charge in [0.2, 0.25) is 0 Å². The summed E-state index contributed by atoms with van der Waals surface area (Å²) >= 11 is 0. The molecule has 0 heterocycles. The van der Waals surface area contributed by atoms with Gasteiger partial charge in [0.15, 0.2) is 0 Å². The van der Waals surface area contributed by atoms with Crippen LogP contribution in [0.1, 0.15) is 84.6 Å². The second-order valence-corrected chi connectivity index (χ2v) is 11.2. The normalized spacial score (nSPS) is 13.8. The lowest BCUT2D eigenvalue weighted by atomic mass is 9.80. The SMILES string of the molecule is COC(Oc1ccc(C)cc1C(C)(C)C)Oc1ccc(C(C)(C)C)cc1C(C)(C)C. The van der Waals surface area contributed by atoms with Gasteiger partial charge in [-0.2, -0.15) is 0 Å². The highest BCUT2D eigenvalue weighted by Crippen LogP contribution is 2.37. The molecular formula is C27H40O3. The van der Waals surface area contributed by atoms with Gasteiger partial charge in [-0.1, -0.05) is 92.1 Å². The first-order valence-electron chi connectivity index (χ1n) is 10.7. The van der Waals surface area contributed by atoms with E-state index in [1.54, 1.807) is 7.11 Å². The first-order chi connectivity index (χ1) is 13.6. The van der Waals surface area contributed by atoms with Gasteiger partial charge in [0.05, 0.1) is 0 Å². The Hall–Kier alpha value is -2.00. The summed E-state index contributed by atoms with van der Waals surface area (Å²) in [6.45, 7) is 21.1. The molecule has 3 nitrogen and oxygen atoms in total. The monoisotopic (exact) mass is 412 g/mol. The Morgan fingerprint density at radius 1 is 0.633 bits per heavy atom. The van der Waals surface area contributed by atoms with Crippen LogP contribution in [0, 0.1) is 6.92 Å². The van der Waals surface area contributed by atoms with Crippen molar-refractivity contribution in [2.75, 3.05) is 7.11 Å². The van der Waals surface area contributed by atoms with E-state index in [2.05, 4.69) is 93.5 Å². The molecule has 3 heteroatoms. The van der Waals surface area contributed by atoms with Gasteiger partial charge in [0, 0.05) is 18.2 Å². The Kier molecular flexibility index (Phi) is 6.98. The molecule has 0 fully saturated rings.